The van der Waals surface area contributed by atoms with Crippen molar-refractivity contribution in [3.63, 3.8) is 0 Å². The van der Waals surface area contributed by atoms with Gasteiger partial charge in [0, 0.05) is 22.8 Å². The Bertz CT molecular complexity index is 1260. The highest BCUT2D eigenvalue weighted by Gasteiger charge is 2.71. The molecule has 3 fully saturated rings. The van der Waals surface area contributed by atoms with Gasteiger partial charge < -0.3 is 14.4 Å². The molecular formula is C31H41NO6. The van der Waals surface area contributed by atoms with E-state index in [4.69, 9.17) is 9.26 Å². The summed E-state index contributed by atoms with van der Waals surface area (Å²) in [6, 6.07) is 0. The number of fused-ring (bicyclic) bond motifs is 8. The summed E-state index contributed by atoms with van der Waals surface area (Å²) in [6.45, 7) is 13.7. The molecule has 38 heavy (non-hydrogen) atoms. The van der Waals surface area contributed by atoms with E-state index in [2.05, 4.69) is 39.8 Å². The third kappa shape index (κ3) is 2.91. The average Bonchev–Trinajstić information content (AvgIpc) is 3.29. The molecule has 3 saturated carbocycles. The summed E-state index contributed by atoms with van der Waals surface area (Å²) in [5.74, 6) is -0.580. The van der Waals surface area contributed by atoms with Crippen molar-refractivity contribution >= 4 is 18.2 Å². The van der Waals surface area contributed by atoms with Crippen LogP contribution in [0.25, 0.3) is 0 Å². The molecular weight excluding hydrogens is 482 g/mol. The van der Waals surface area contributed by atoms with Crippen LogP contribution in [0.3, 0.4) is 0 Å². The van der Waals surface area contributed by atoms with Gasteiger partial charge >= 0.3 is 5.97 Å². The molecule has 0 saturated heterocycles. The van der Waals surface area contributed by atoms with Crippen LogP contribution in [0, 0.1) is 44.8 Å². The van der Waals surface area contributed by atoms with Gasteiger partial charge in [0.05, 0.1) is 11.6 Å². The molecule has 0 radical (unpaired) electrons. The van der Waals surface area contributed by atoms with Crippen molar-refractivity contribution in [1.82, 2.24) is 5.16 Å². The van der Waals surface area contributed by atoms with Gasteiger partial charge in [-0.2, -0.15) is 0 Å². The number of ether oxygens (including phenoxy) is 1. The number of carbonyl (C=O) groups is 3. The smallest absolute Gasteiger partial charge is 0.309 e. The number of carboxylic acids is 1. The van der Waals surface area contributed by atoms with E-state index in [1.54, 1.807) is 6.20 Å². The standard InChI is InChI=1S/C31H41NO6/c1-26(2)9-11-31(25(35)36)12-10-29(5)23(19(31)15-26)20(34)13-22-27(3)14-18-16-32-38-24(18)30(6,37-17-33)21(27)7-8-28(22,29)4/h13,16-17,19,21,23H,7-12,14-15H2,1-6H3,(H,35,36)/t19-,21+,23-,27-,28+,29+,30-,31-/m0/s1. The maximum absolute atomic E-state index is 14.4. The summed E-state index contributed by atoms with van der Waals surface area (Å²) in [7, 11) is 0. The molecule has 0 aromatic carbocycles. The molecule has 0 aliphatic heterocycles. The minimum atomic E-state index is -0.970. The maximum atomic E-state index is 14.4. The van der Waals surface area contributed by atoms with Crippen LogP contribution >= 0.6 is 0 Å². The Kier molecular flexibility index (Phi) is 5.16. The van der Waals surface area contributed by atoms with E-state index in [0.29, 0.717) is 31.5 Å². The molecule has 0 spiro atoms. The number of aliphatic carboxylic acids is 1. The molecule has 0 bridgehead atoms. The van der Waals surface area contributed by atoms with Gasteiger partial charge in [-0.3, -0.25) is 14.4 Å². The predicted molar refractivity (Wildman–Crippen MR) is 139 cm³/mol. The number of carboxylic acid groups (broad SMARTS) is 1. The van der Waals surface area contributed by atoms with Crippen molar-refractivity contribution in [1.29, 1.82) is 0 Å². The lowest BCUT2D eigenvalue weighted by Crippen LogP contribution is -2.66. The topological polar surface area (TPSA) is 107 Å². The van der Waals surface area contributed by atoms with Crippen molar-refractivity contribution in [2.75, 3.05) is 0 Å². The van der Waals surface area contributed by atoms with Crippen molar-refractivity contribution in [2.24, 2.45) is 44.8 Å². The van der Waals surface area contributed by atoms with Gasteiger partial charge in [0.2, 0.25) is 0 Å². The van der Waals surface area contributed by atoms with E-state index >= 15 is 0 Å². The van der Waals surface area contributed by atoms with Crippen molar-refractivity contribution < 1.29 is 28.8 Å². The van der Waals surface area contributed by atoms with Crippen molar-refractivity contribution in [3.05, 3.63) is 29.2 Å². The van der Waals surface area contributed by atoms with Crippen LogP contribution in [0.2, 0.25) is 0 Å². The molecule has 1 heterocycles. The average molecular weight is 524 g/mol. The van der Waals surface area contributed by atoms with Gasteiger partial charge in [0.25, 0.3) is 6.47 Å². The molecule has 1 N–H and O–H groups in total. The first-order valence-electron chi connectivity index (χ1n) is 14.2. The zero-order valence-corrected chi connectivity index (χ0v) is 23.6. The Morgan fingerprint density at radius 3 is 2.50 bits per heavy atom. The van der Waals surface area contributed by atoms with Crippen LogP contribution in [0.1, 0.15) is 97.8 Å². The molecule has 0 unspecified atom stereocenters. The van der Waals surface area contributed by atoms with Crippen molar-refractivity contribution in [3.8, 4) is 0 Å². The molecule has 7 heteroatoms. The number of allylic oxidation sites excluding steroid dienone is 2. The lowest BCUT2D eigenvalue weighted by Gasteiger charge is -2.69. The third-order valence-corrected chi connectivity index (χ3v) is 12.7. The van der Waals surface area contributed by atoms with E-state index in [0.717, 1.165) is 43.2 Å². The lowest BCUT2D eigenvalue weighted by atomic mass is 9.34. The molecule has 8 atom stereocenters. The molecule has 0 amide bonds. The van der Waals surface area contributed by atoms with Crippen molar-refractivity contribution in [2.45, 2.75) is 98.5 Å². The SMILES string of the molecule is CC1(C)CC[C@]2(C(=O)O)CC[C@]3(C)[C@H](C(=O)C=C4[C@@]5(C)Cc6cnoc6[C@@](C)(OC=O)[C@@H]5CC[C@]43C)[C@@H]2C1. The molecule has 1 aromatic heterocycles. The predicted octanol–water partition coefficient (Wildman–Crippen LogP) is 5.86. The minimum absolute atomic E-state index is 0.0126. The first kappa shape index (κ1) is 25.8. The Hall–Kier alpha value is -2.44. The summed E-state index contributed by atoms with van der Waals surface area (Å²) in [5, 5.41) is 14.6. The number of aromatic nitrogens is 1. The first-order valence-corrected chi connectivity index (χ1v) is 14.2. The van der Waals surface area contributed by atoms with Gasteiger partial charge in [0.1, 0.15) is 0 Å². The van der Waals surface area contributed by atoms with Crippen LogP contribution in [-0.4, -0.2) is 28.5 Å². The summed E-state index contributed by atoms with van der Waals surface area (Å²) < 4.78 is 11.4. The molecule has 206 valence electrons. The Balaban J connectivity index is 1.51. The highest BCUT2D eigenvalue weighted by Crippen LogP contribution is 2.74. The Morgan fingerprint density at radius 1 is 1.11 bits per heavy atom. The Morgan fingerprint density at radius 2 is 1.82 bits per heavy atom. The van der Waals surface area contributed by atoms with Crippen LogP contribution < -0.4 is 0 Å². The van der Waals surface area contributed by atoms with Gasteiger partial charge in [-0.05, 0) is 86.5 Å². The monoisotopic (exact) mass is 523 g/mol. The highest BCUT2D eigenvalue weighted by molar-refractivity contribution is 5.96. The van der Waals surface area contributed by atoms with Gasteiger partial charge in [-0.1, -0.05) is 45.3 Å². The second kappa shape index (κ2) is 7.60. The van der Waals surface area contributed by atoms with Gasteiger partial charge in [-0.25, -0.2) is 0 Å². The second-order valence-corrected chi connectivity index (χ2v) is 14.8. The normalized spacial score (nSPS) is 46.8. The summed E-state index contributed by atoms with van der Waals surface area (Å²) in [6.07, 6.45) is 9.57. The Labute approximate surface area is 224 Å². The maximum Gasteiger partial charge on any atom is 0.309 e. The molecule has 1 aromatic rings. The van der Waals surface area contributed by atoms with E-state index < -0.39 is 22.4 Å². The van der Waals surface area contributed by atoms with Gasteiger partial charge in [0.15, 0.2) is 17.1 Å². The van der Waals surface area contributed by atoms with Crippen LogP contribution in [0.4, 0.5) is 0 Å². The van der Waals surface area contributed by atoms with Crippen LogP contribution in [0.5, 0.6) is 0 Å². The number of ketones is 1. The quantitative estimate of drug-likeness (QED) is 0.494. The zero-order chi connectivity index (χ0) is 27.5. The first-order chi connectivity index (χ1) is 17.7. The number of hydrogen-bond acceptors (Lipinski definition) is 6. The summed E-state index contributed by atoms with van der Waals surface area (Å²) in [4.78, 5) is 38.9. The molecule has 5 aliphatic rings. The van der Waals surface area contributed by atoms with E-state index in [1.165, 1.54) is 0 Å². The number of nitrogens with zero attached hydrogens (tertiary/aromatic N) is 1. The minimum Gasteiger partial charge on any atom is -0.481 e. The molecule has 6 rings (SSSR count). The fourth-order valence-electron chi connectivity index (χ4n) is 10.5. The van der Waals surface area contributed by atoms with Crippen LogP contribution in [0.15, 0.2) is 22.4 Å². The van der Waals surface area contributed by atoms with Crippen LogP contribution in [-0.2, 0) is 31.1 Å². The summed E-state index contributed by atoms with van der Waals surface area (Å²) >= 11 is 0. The molecule has 7 nitrogen and oxygen atoms in total. The van der Waals surface area contributed by atoms with Gasteiger partial charge in [-0.15, -0.1) is 0 Å². The highest BCUT2D eigenvalue weighted by atomic mass is 16.6. The number of carbonyl (C=O) groups excluding carboxylic acids is 2. The fourth-order valence-corrected chi connectivity index (χ4v) is 10.5. The van der Waals surface area contributed by atoms with E-state index in [9.17, 15) is 19.5 Å². The van der Waals surface area contributed by atoms with E-state index in [-0.39, 0.29) is 39.8 Å². The fraction of sp³-hybridized carbons (Fsp3) is 0.742. The molecule has 5 aliphatic carbocycles. The zero-order valence-electron chi connectivity index (χ0n) is 23.6. The largest absolute Gasteiger partial charge is 0.481 e. The number of hydrogen-bond donors (Lipinski definition) is 1. The summed E-state index contributed by atoms with van der Waals surface area (Å²) in [5.41, 5.74) is -0.788. The third-order valence-electron chi connectivity index (χ3n) is 12.7. The number of rotatable bonds is 3. The lowest BCUT2D eigenvalue weighted by molar-refractivity contribution is -0.196. The van der Waals surface area contributed by atoms with E-state index in [1.807, 2.05) is 13.0 Å². The second-order valence-electron chi connectivity index (χ2n) is 14.8.